The number of halogens is 2. The van der Waals surface area contributed by atoms with Gasteiger partial charge in [0.2, 0.25) is 0 Å². The van der Waals surface area contributed by atoms with Gasteiger partial charge in [-0.25, -0.2) is 13.8 Å². The van der Waals surface area contributed by atoms with Crippen LogP contribution in [0.25, 0.3) is 16.9 Å². The van der Waals surface area contributed by atoms with E-state index in [2.05, 4.69) is 33.8 Å². The van der Waals surface area contributed by atoms with Crippen LogP contribution in [0.4, 0.5) is 14.6 Å². The molecular formula is C25H21F2N7O2. The third-order valence-corrected chi connectivity index (χ3v) is 6.03. The first-order chi connectivity index (χ1) is 17.3. The van der Waals surface area contributed by atoms with Gasteiger partial charge in [-0.3, -0.25) is 14.2 Å². The topological polar surface area (TPSA) is 113 Å². The molecule has 5 rings (SSSR count). The summed E-state index contributed by atoms with van der Waals surface area (Å²) < 4.78 is 34.1. The fourth-order valence-corrected chi connectivity index (χ4v) is 4.18. The van der Waals surface area contributed by atoms with Gasteiger partial charge in [-0.15, -0.1) is 0 Å². The number of nitrogens with one attached hydrogen (secondary N) is 1. The number of carbonyl (C=O) groups excluding carboxylic acids is 2. The van der Waals surface area contributed by atoms with Crippen molar-refractivity contribution in [3.05, 3.63) is 71.3 Å². The first-order valence-corrected chi connectivity index (χ1v) is 11.1. The maximum atomic E-state index is 14.9. The van der Waals surface area contributed by atoms with Crippen LogP contribution in [0, 0.1) is 30.4 Å². The van der Waals surface area contributed by atoms with Crippen molar-refractivity contribution >= 4 is 28.7 Å². The molecule has 1 fully saturated rings. The van der Waals surface area contributed by atoms with Gasteiger partial charge in [-0.05, 0) is 50.0 Å². The standard InChI is InChI=1S/C25H21F2N7O2/c1-4-19(35)33-13(2)5-10-18(33)34-25(29-3)20(24(28)36)16(31-34)9-6-14-11-17-23(22(27)21(14)26)32(12-30-17)15-7-8-15/h4-5,10-12,15,29H,1,7-8H2,2-3H3,(H2,28,36). The zero-order chi connectivity index (χ0) is 25.7. The number of carbonyl (C=O) groups is 2. The number of aromatic nitrogens is 5. The molecule has 0 saturated heterocycles. The van der Waals surface area contributed by atoms with Crippen LogP contribution in [-0.4, -0.2) is 42.8 Å². The van der Waals surface area contributed by atoms with E-state index in [-0.39, 0.29) is 39.7 Å². The maximum Gasteiger partial charge on any atom is 0.255 e. The number of anilines is 1. The largest absolute Gasteiger partial charge is 0.372 e. The van der Waals surface area contributed by atoms with Crippen LogP contribution in [-0.2, 0) is 0 Å². The van der Waals surface area contributed by atoms with Crippen LogP contribution in [0.15, 0.2) is 37.2 Å². The molecule has 9 nitrogen and oxygen atoms in total. The van der Waals surface area contributed by atoms with E-state index in [1.807, 2.05) is 0 Å². The molecule has 0 aliphatic heterocycles. The van der Waals surface area contributed by atoms with Crippen LogP contribution in [0.1, 0.15) is 51.0 Å². The Balaban J connectivity index is 1.66. The molecule has 4 aromatic rings. The molecule has 1 aromatic carbocycles. The van der Waals surface area contributed by atoms with Crippen molar-refractivity contribution in [3.63, 3.8) is 0 Å². The summed E-state index contributed by atoms with van der Waals surface area (Å²) >= 11 is 0. The Morgan fingerprint density at radius 1 is 1.25 bits per heavy atom. The Kier molecular flexibility index (Phi) is 5.44. The highest BCUT2D eigenvalue weighted by atomic mass is 19.2. The molecule has 3 heterocycles. The normalized spacial score (nSPS) is 12.9. The van der Waals surface area contributed by atoms with Gasteiger partial charge in [-0.2, -0.15) is 9.78 Å². The number of rotatable bonds is 5. The minimum Gasteiger partial charge on any atom is -0.372 e. The van der Waals surface area contributed by atoms with Crippen LogP contribution < -0.4 is 11.1 Å². The Labute approximate surface area is 204 Å². The summed E-state index contributed by atoms with van der Waals surface area (Å²) in [6.45, 7) is 5.24. The molecule has 1 amide bonds. The molecule has 0 atom stereocenters. The minimum absolute atomic E-state index is 0.0681. The van der Waals surface area contributed by atoms with E-state index in [1.54, 1.807) is 30.7 Å². The lowest BCUT2D eigenvalue weighted by Gasteiger charge is -2.11. The second kappa shape index (κ2) is 8.49. The van der Waals surface area contributed by atoms with Crippen LogP contribution in [0.5, 0.6) is 0 Å². The second-order valence-corrected chi connectivity index (χ2v) is 8.36. The van der Waals surface area contributed by atoms with Crippen molar-refractivity contribution in [3.8, 4) is 17.7 Å². The van der Waals surface area contributed by atoms with Gasteiger partial charge in [0.1, 0.15) is 22.7 Å². The highest BCUT2D eigenvalue weighted by molar-refractivity contribution is 6.00. The van der Waals surface area contributed by atoms with Gasteiger partial charge in [0.25, 0.3) is 11.8 Å². The Morgan fingerprint density at radius 3 is 2.64 bits per heavy atom. The predicted molar refractivity (Wildman–Crippen MR) is 129 cm³/mol. The fraction of sp³-hybridized carbons (Fsp3) is 0.200. The van der Waals surface area contributed by atoms with Gasteiger partial charge in [0.15, 0.2) is 17.3 Å². The summed E-state index contributed by atoms with van der Waals surface area (Å²) in [4.78, 5) is 29.0. The van der Waals surface area contributed by atoms with E-state index in [4.69, 9.17) is 5.73 Å². The van der Waals surface area contributed by atoms with Gasteiger partial charge in [0.05, 0.1) is 17.4 Å². The number of aryl methyl sites for hydroxylation is 1. The smallest absolute Gasteiger partial charge is 0.255 e. The lowest BCUT2D eigenvalue weighted by Crippen LogP contribution is -2.17. The number of primary amides is 1. The summed E-state index contributed by atoms with van der Waals surface area (Å²) in [5.41, 5.74) is 6.21. The number of nitrogens with two attached hydrogens (primary N) is 1. The van der Waals surface area contributed by atoms with E-state index < -0.39 is 23.4 Å². The summed E-state index contributed by atoms with van der Waals surface area (Å²) in [6.07, 6.45) is 4.42. The summed E-state index contributed by atoms with van der Waals surface area (Å²) in [6, 6.07) is 4.81. The molecule has 3 N–H and O–H groups in total. The average molecular weight is 489 g/mol. The summed E-state index contributed by atoms with van der Waals surface area (Å²) in [5.74, 6) is 2.29. The highest BCUT2D eigenvalue weighted by Crippen LogP contribution is 2.38. The average Bonchev–Trinajstić information content (AvgIpc) is 3.33. The van der Waals surface area contributed by atoms with Crippen molar-refractivity contribution in [1.29, 1.82) is 0 Å². The molecule has 1 aliphatic rings. The van der Waals surface area contributed by atoms with E-state index in [0.717, 1.165) is 18.9 Å². The minimum atomic E-state index is -1.12. The van der Waals surface area contributed by atoms with Gasteiger partial charge in [-0.1, -0.05) is 12.5 Å². The quantitative estimate of drug-likeness (QED) is 0.330. The fourth-order valence-electron chi connectivity index (χ4n) is 4.18. The number of fused-ring (bicyclic) bond motifs is 1. The number of amides is 1. The molecule has 36 heavy (non-hydrogen) atoms. The van der Waals surface area contributed by atoms with Crippen molar-refractivity contribution in [2.45, 2.75) is 25.8 Å². The number of hydrogen-bond donors (Lipinski definition) is 2. The summed E-state index contributed by atoms with van der Waals surface area (Å²) in [7, 11) is 1.55. The Morgan fingerprint density at radius 2 is 2.00 bits per heavy atom. The lowest BCUT2D eigenvalue weighted by atomic mass is 10.1. The van der Waals surface area contributed by atoms with E-state index >= 15 is 0 Å². The van der Waals surface area contributed by atoms with Crippen molar-refractivity contribution in [1.82, 2.24) is 23.9 Å². The third kappa shape index (κ3) is 3.54. The van der Waals surface area contributed by atoms with Crippen LogP contribution >= 0.6 is 0 Å². The Bertz CT molecular complexity index is 1640. The van der Waals surface area contributed by atoms with Crippen molar-refractivity contribution < 1.29 is 18.4 Å². The molecular weight excluding hydrogens is 468 g/mol. The van der Waals surface area contributed by atoms with E-state index in [9.17, 15) is 18.4 Å². The molecule has 0 radical (unpaired) electrons. The van der Waals surface area contributed by atoms with E-state index in [1.165, 1.54) is 21.6 Å². The molecule has 0 unspecified atom stereocenters. The predicted octanol–water partition coefficient (Wildman–Crippen LogP) is 3.31. The number of hydrogen-bond acceptors (Lipinski definition) is 5. The van der Waals surface area contributed by atoms with Crippen LogP contribution in [0.3, 0.4) is 0 Å². The number of benzene rings is 1. The first kappa shape index (κ1) is 23.0. The van der Waals surface area contributed by atoms with Crippen molar-refractivity contribution in [2.75, 3.05) is 12.4 Å². The maximum absolute atomic E-state index is 14.9. The zero-order valence-corrected chi connectivity index (χ0v) is 19.5. The van der Waals surface area contributed by atoms with Gasteiger partial charge >= 0.3 is 0 Å². The number of allylic oxidation sites excluding steroid dienone is 1. The Hall–Kier alpha value is -4.72. The monoisotopic (exact) mass is 489 g/mol. The third-order valence-electron chi connectivity index (χ3n) is 6.03. The number of nitrogens with zero attached hydrogens (tertiary/aromatic N) is 5. The number of imidazole rings is 1. The molecule has 0 bridgehead atoms. The second-order valence-electron chi connectivity index (χ2n) is 8.36. The SMILES string of the molecule is C=CC(=O)n1c(C)ccc1-n1nc(C#Cc2cc3ncn(C4CC4)c3c(F)c2F)c(C(N)=O)c1NC. The molecule has 182 valence electrons. The van der Waals surface area contributed by atoms with Crippen molar-refractivity contribution in [2.24, 2.45) is 5.73 Å². The van der Waals surface area contributed by atoms with E-state index in [0.29, 0.717) is 11.5 Å². The molecule has 3 aromatic heterocycles. The lowest BCUT2D eigenvalue weighted by molar-refractivity contribution is 0.0965. The molecule has 1 aliphatic carbocycles. The highest BCUT2D eigenvalue weighted by Gasteiger charge is 2.28. The van der Waals surface area contributed by atoms with Crippen LogP contribution in [0.2, 0.25) is 0 Å². The van der Waals surface area contributed by atoms with Gasteiger partial charge < -0.3 is 15.6 Å². The zero-order valence-electron chi connectivity index (χ0n) is 19.5. The first-order valence-electron chi connectivity index (χ1n) is 11.1. The summed E-state index contributed by atoms with van der Waals surface area (Å²) in [5, 5.41) is 7.22. The van der Waals surface area contributed by atoms with Gasteiger partial charge in [0, 0.05) is 18.8 Å². The molecule has 11 heteroatoms. The molecule has 1 saturated carbocycles. The molecule has 0 spiro atoms.